The fraction of sp³-hybridized carbons (Fsp3) is 0.158. The summed E-state index contributed by atoms with van der Waals surface area (Å²) >= 11 is 0. The molecule has 2 amide bonds. The highest BCUT2D eigenvalue weighted by molar-refractivity contribution is 5.96. The molecule has 0 aliphatic rings. The number of methoxy groups -OCH3 is 1. The second kappa shape index (κ2) is 10.3. The van der Waals surface area contributed by atoms with Gasteiger partial charge < -0.3 is 24.7 Å². The molecule has 0 saturated carbocycles. The Kier molecular flexibility index (Phi) is 7.53. The topological polar surface area (TPSA) is 129 Å². The van der Waals surface area contributed by atoms with Crippen LogP contribution in [0.2, 0.25) is 0 Å². The van der Waals surface area contributed by atoms with E-state index in [4.69, 9.17) is 9.47 Å². The van der Waals surface area contributed by atoms with E-state index in [0.29, 0.717) is 16.9 Å². The summed E-state index contributed by atoms with van der Waals surface area (Å²) < 4.78 is 10.1. The second-order valence-electron chi connectivity index (χ2n) is 5.41. The molecule has 2 rings (SSSR count). The van der Waals surface area contributed by atoms with Crippen LogP contribution in [0.1, 0.15) is 15.9 Å². The van der Waals surface area contributed by atoms with Gasteiger partial charge in [-0.05, 0) is 30.3 Å². The molecule has 0 aromatic heterocycles. The number of hydrogen-bond donors (Lipinski definition) is 2. The van der Waals surface area contributed by atoms with Gasteiger partial charge >= 0.3 is 0 Å². The van der Waals surface area contributed by atoms with Crippen LogP contribution in [0.3, 0.4) is 0 Å². The predicted molar refractivity (Wildman–Crippen MR) is 98.0 cm³/mol. The number of para-hydroxylation sites is 1. The van der Waals surface area contributed by atoms with Crippen LogP contribution in [-0.4, -0.2) is 44.3 Å². The summed E-state index contributed by atoms with van der Waals surface area (Å²) in [6.45, 7) is -0.885. The monoisotopic (exact) mass is 384 g/mol. The lowest BCUT2D eigenvalue weighted by Crippen LogP contribution is -2.34. The number of carboxylic acid groups (broad SMARTS) is 1. The minimum atomic E-state index is -1.35. The van der Waals surface area contributed by atoms with E-state index in [2.05, 4.69) is 15.8 Å². The maximum Gasteiger partial charge on any atom is 0.259 e. The van der Waals surface area contributed by atoms with Crippen LogP contribution >= 0.6 is 0 Å². The van der Waals surface area contributed by atoms with E-state index >= 15 is 0 Å². The lowest BCUT2D eigenvalue weighted by atomic mass is 10.2. The van der Waals surface area contributed by atoms with Crippen molar-refractivity contribution >= 4 is 24.0 Å². The molecule has 0 radical (unpaired) electrons. The van der Waals surface area contributed by atoms with E-state index in [0.717, 1.165) is 0 Å². The first-order valence-electron chi connectivity index (χ1n) is 8.15. The normalized spacial score (nSPS) is 10.3. The van der Waals surface area contributed by atoms with Gasteiger partial charge in [-0.15, -0.1) is 0 Å². The molecule has 2 N–H and O–H groups in total. The molecule has 0 spiro atoms. The van der Waals surface area contributed by atoms with E-state index in [9.17, 15) is 19.5 Å². The van der Waals surface area contributed by atoms with Crippen molar-refractivity contribution in [1.82, 2.24) is 10.7 Å². The zero-order valence-electron chi connectivity index (χ0n) is 15.0. The quantitative estimate of drug-likeness (QED) is 0.451. The van der Waals surface area contributed by atoms with Gasteiger partial charge in [0.2, 0.25) is 0 Å². The average molecular weight is 384 g/mol. The van der Waals surface area contributed by atoms with Crippen molar-refractivity contribution in [1.29, 1.82) is 0 Å². The fourth-order valence-corrected chi connectivity index (χ4v) is 2.10. The molecule has 0 heterocycles. The third-order valence-corrected chi connectivity index (χ3v) is 3.40. The van der Waals surface area contributed by atoms with Crippen LogP contribution in [0, 0.1) is 0 Å². The number of nitrogens with zero attached hydrogens (tertiary/aromatic N) is 1. The number of hydrazone groups is 1. The third kappa shape index (κ3) is 6.45. The fourth-order valence-electron chi connectivity index (χ4n) is 2.10. The van der Waals surface area contributed by atoms with Crippen LogP contribution < -0.4 is 25.3 Å². The van der Waals surface area contributed by atoms with Gasteiger partial charge in [0.15, 0.2) is 0 Å². The number of ether oxygens (including phenoxy) is 2. The van der Waals surface area contributed by atoms with Crippen LogP contribution in [0.15, 0.2) is 53.6 Å². The Bertz CT molecular complexity index is 881. The Morgan fingerprint density at radius 2 is 1.93 bits per heavy atom. The summed E-state index contributed by atoms with van der Waals surface area (Å²) in [4.78, 5) is 34.3. The maximum absolute atomic E-state index is 12.0. The van der Waals surface area contributed by atoms with Gasteiger partial charge in [0.25, 0.3) is 11.8 Å². The molecule has 146 valence electrons. The molecule has 9 nitrogen and oxygen atoms in total. The van der Waals surface area contributed by atoms with Crippen LogP contribution in [0.5, 0.6) is 11.5 Å². The second-order valence-corrected chi connectivity index (χ2v) is 5.41. The zero-order chi connectivity index (χ0) is 20.4. The summed E-state index contributed by atoms with van der Waals surface area (Å²) in [7, 11) is 1.49. The molecule has 0 fully saturated rings. The molecular weight excluding hydrogens is 366 g/mol. The molecule has 2 aromatic rings. The summed E-state index contributed by atoms with van der Waals surface area (Å²) in [5.74, 6) is -1.52. The lowest BCUT2D eigenvalue weighted by molar-refractivity contribution is -0.307. The lowest BCUT2D eigenvalue weighted by Gasteiger charge is -2.09. The van der Waals surface area contributed by atoms with Crippen LogP contribution in [0.4, 0.5) is 0 Å². The van der Waals surface area contributed by atoms with E-state index < -0.39 is 24.4 Å². The highest BCUT2D eigenvalue weighted by atomic mass is 16.5. The van der Waals surface area contributed by atoms with Crippen molar-refractivity contribution in [3.8, 4) is 11.5 Å². The molecule has 0 bridgehead atoms. The van der Waals surface area contributed by atoms with Crippen molar-refractivity contribution in [3.63, 3.8) is 0 Å². The van der Waals surface area contributed by atoms with Gasteiger partial charge in [0.1, 0.15) is 18.1 Å². The summed E-state index contributed by atoms with van der Waals surface area (Å²) in [5, 5.41) is 16.7. The van der Waals surface area contributed by atoms with Crippen molar-refractivity contribution in [2.45, 2.75) is 0 Å². The number of carbonyl (C=O) groups is 3. The Labute approximate surface area is 161 Å². The molecule has 0 saturated heterocycles. The number of benzene rings is 2. The summed E-state index contributed by atoms with van der Waals surface area (Å²) in [5.41, 5.74) is 3.08. The largest absolute Gasteiger partial charge is 0.546 e. The average Bonchev–Trinajstić information content (AvgIpc) is 2.71. The van der Waals surface area contributed by atoms with E-state index in [1.54, 1.807) is 48.5 Å². The zero-order valence-corrected chi connectivity index (χ0v) is 15.0. The van der Waals surface area contributed by atoms with E-state index in [1.165, 1.54) is 13.3 Å². The van der Waals surface area contributed by atoms with Gasteiger partial charge in [-0.3, -0.25) is 9.59 Å². The first kappa shape index (κ1) is 20.4. The highest BCUT2D eigenvalue weighted by Crippen LogP contribution is 2.15. The van der Waals surface area contributed by atoms with Crippen molar-refractivity contribution in [2.24, 2.45) is 5.10 Å². The van der Waals surface area contributed by atoms with Crippen molar-refractivity contribution < 1.29 is 29.0 Å². The van der Waals surface area contributed by atoms with Gasteiger partial charge in [-0.1, -0.05) is 18.2 Å². The smallest absolute Gasteiger partial charge is 0.259 e. The number of nitrogens with one attached hydrogen (secondary N) is 2. The molecule has 0 atom stereocenters. The third-order valence-electron chi connectivity index (χ3n) is 3.40. The first-order valence-corrected chi connectivity index (χ1v) is 8.15. The van der Waals surface area contributed by atoms with E-state index in [1.807, 2.05) is 0 Å². The van der Waals surface area contributed by atoms with Crippen molar-refractivity contribution in [3.05, 3.63) is 59.7 Å². The Balaban J connectivity index is 1.85. The highest BCUT2D eigenvalue weighted by Gasteiger charge is 2.08. The number of carbonyl (C=O) groups excluding carboxylic acids is 3. The Morgan fingerprint density at radius 3 is 2.68 bits per heavy atom. The summed E-state index contributed by atoms with van der Waals surface area (Å²) in [6.07, 6.45) is 1.30. The number of hydrogen-bond acceptors (Lipinski definition) is 7. The SMILES string of the molecule is COc1cccc(C(=O)NCC(=O)N/N=C\c2ccccc2OCC(=O)[O-])c1. The Hall–Kier alpha value is -3.88. The van der Waals surface area contributed by atoms with E-state index in [-0.39, 0.29) is 12.3 Å². The van der Waals surface area contributed by atoms with Crippen LogP contribution in [-0.2, 0) is 9.59 Å². The summed E-state index contributed by atoms with van der Waals surface area (Å²) in [6, 6.07) is 13.1. The van der Waals surface area contributed by atoms with Crippen LogP contribution in [0.25, 0.3) is 0 Å². The number of carboxylic acids is 1. The molecule has 9 heteroatoms. The minimum Gasteiger partial charge on any atom is -0.546 e. The first-order chi connectivity index (χ1) is 13.5. The predicted octanol–water partition coefficient (Wildman–Crippen LogP) is -0.296. The molecule has 0 aliphatic heterocycles. The maximum atomic E-state index is 12.0. The number of rotatable bonds is 9. The Morgan fingerprint density at radius 1 is 1.14 bits per heavy atom. The molecule has 0 aliphatic carbocycles. The number of amides is 2. The molecule has 28 heavy (non-hydrogen) atoms. The van der Waals surface area contributed by atoms with Gasteiger partial charge in [0, 0.05) is 11.1 Å². The minimum absolute atomic E-state index is 0.274. The van der Waals surface area contributed by atoms with Gasteiger partial charge in [0.05, 0.1) is 25.8 Å². The molecule has 0 unspecified atom stereocenters. The number of aliphatic carboxylic acids is 1. The molecular formula is C19H18N3O6-. The standard InChI is InChI=1S/C19H19N3O6/c1-27-15-7-4-6-13(9-15)19(26)20-11-17(23)22-21-10-14-5-2-3-8-16(14)28-12-18(24)25/h2-10H,11-12H2,1H3,(H,20,26)(H,22,23)(H,24,25)/p-1/b21-10-. The van der Waals surface area contributed by atoms with Gasteiger partial charge in [-0.25, -0.2) is 5.43 Å². The molecule has 2 aromatic carbocycles. The van der Waals surface area contributed by atoms with Gasteiger partial charge in [-0.2, -0.15) is 5.10 Å². The van der Waals surface area contributed by atoms with Crippen molar-refractivity contribution in [2.75, 3.05) is 20.3 Å².